The van der Waals surface area contributed by atoms with Crippen LogP contribution in [-0.2, 0) is 0 Å². The molecule has 1 saturated carbocycles. The minimum Gasteiger partial charge on any atom is -0.457 e. The van der Waals surface area contributed by atoms with Crippen LogP contribution in [0, 0.1) is 0 Å². The summed E-state index contributed by atoms with van der Waals surface area (Å²) in [5.74, 6) is 2.08. The van der Waals surface area contributed by atoms with Gasteiger partial charge >= 0.3 is 0 Å². The number of para-hydroxylation sites is 1. The Balaban J connectivity index is 1.55. The molecule has 5 rings (SSSR count). The van der Waals surface area contributed by atoms with Crippen LogP contribution in [-0.4, -0.2) is 15.5 Å². The molecule has 3 aromatic carbocycles. The van der Waals surface area contributed by atoms with E-state index in [-0.39, 0.29) is 0 Å². The molecule has 1 fully saturated rings. The average Bonchev–Trinajstić information content (AvgIpc) is 3.42. The number of ether oxygens (including phenoxy) is 1. The number of imidazole rings is 1. The quantitative estimate of drug-likeness (QED) is 0.469. The molecule has 5 nitrogen and oxygen atoms in total. The lowest BCUT2D eigenvalue weighted by Crippen LogP contribution is -2.10. The van der Waals surface area contributed by atoms with Gasteiger partial charge in [0.25, 0.3) is 0 Å². The number of primary amides is 1. The van der Waals surface area contributed by atoms with Gasteiger partial charge < -0.3 is 15.0 Å². The molecular weight excluding hydrogens is 374 g/mol. The summed E-state index contributed by atoms with van der Waals surface area (Å²) >= 11 is 0. The first-order valence-electron chi connectivity index (χ1n) is 10.3. The summed E-state index contributed by atoms with van der Waals surface area (Å²) in [5.41, 5.74) is 8.84. The average molecular weight is 397 g/mol. The summed E-state index contributed by atoms with van der Waals surface area (Å²) in [5, 5.41) is 0. The van der Waals surface area contributed by atoms with Crippen molar-refractivity contribution in [3.63, 3.8) is 0 Å². The first-order chi connectivity index (χ1) is 14.7. The largest absolute Gasteiger partial charge is 0.457 e. The van der Waals surface area contributed by atoms with Gasteiger partial charge in [0.2, 0.25) is 5.91 Å². The van der Waals surface area contributed by atoms with E-state index in [1.54, 1.807) is 12.1 Å². The molecule has 1 heterocycles. The number of hydrogen-bond acceptors (Lipinski definition) is 3. The number of aromatic nitrogens is 2. The van der Waals surface area contributed by atoms with Crippen LogP contribution in [0.1, 0.15) is 42.1 Å². The van der Waals surface area contributed by atoms with E-state index in [0.717, 1.165) is 46.8 Å². The molecule has 0 aliphatic heterocycles. The lowest BCUT2D eigenvalue weighted by molar-refractivity contribution is 0.100. The molecule has 1 aliphatic rings. The molecule has 1 aromatic heterocycles. The van der Waals surface area contributed by atoms with Crippen molar-refractivity contribution in [3.05, 3.63) is 78.4 Å². The maximum atomic E-state index is 11.6. The van der Waals surface area contributed by atoms with Crippen LogP contribution >= 0.6 is 0 Å². The normalized spacial score (nSPS) is 14.3. The summed E-state index contributed by atoms with van der Waals surface area (Å²) < 4.78 is 8.26. The van der Waals surface area contributed by atoms with Gasteiger partial charge in [-0.3, -0.25) is 4.79 Å². The lowest BCUT2D eigenvalue weighted by atomic mass is 10.1. The van der Waals surface area contributed by atoms with Gasteiger partial charge in [-0.1, -0.05) is 31.0 Å². The van der Waals surface area contributed by atoms with Crippen LogP contribution in [0.15, 0.2) is 72.8 Å². The zero-order valence-corrected chi connectivity index (χ0v) is 16.6. The number of hydrogen-bond donors (Lipinski definition) is 1. The van der Waals surface area contributed by atoms with E-state index in [1.165, 1.54) is 12.8 Å². The zero-order chi connectivity index (χ0) is 20.5. The fraction of sp³-hybridized carbons (Fsp3) is 0.200. The van der Waals surface area contributed by atoms with Crippen LogP contribution in [0.2, 0.25) is 0 Å². The molecule has 0 atom stereocenters. The fourth-order valence-corrected chi connectivity index (χ4v) is 4.28. The van der Waals surface area contributed by atoms with Crippen LogP contribution in [0.25, 0.3) is 22.4 Å². The van der Waals surface area contributed by atoms with Crippen molar-refractivity contribution in [2.24, 2.45) is 5.73 Å². The molecule has 1 aliphatic carbocycles. The molecule has 2 N–H and O–H groups in total. The summed E-state index contributed by atoms with van der Waals surface area (Å²) in [4.78, 5) is 16.5. The van der Waals surface area contributed by atoms with Crippen LogP contribution in [0.5, 0.6) is 11.5 Å². The van der Waals surface area contributed by atoms with Crippen molar-refractivity contribution in [3.8, 4) is 22.9 Å². The molecule has 30 heavy (non-hydrogen) atoms. The van der Waals surface area contributed by atoms with E-state index in [1.807, 2.05) is 60.7 Å². The Bertz CT molecular complexity index is 1190. The number of nitrogens with two attached hydrogens (primary N) is 1. The van der Waals surface area contributed by atoms with E-state index in [9.17, 15) is 4.79 Å². The van der Waals surface area contributed by atoms with Gasteiger partial charge in [-0.05, 0) is 67.4 Å². The highest BCUT2D eigenvalue weighted by atomic mass is 16.5. The number of benzene rings is 3. The standard InChI is InChI=1S/C25H23N3O2/c26-24(29)18-12-15-23-22(16-18)27-25(28(23)19-6-4-5-7-19)17-10-13-21(14-11-17)30-20-8-2-1-3-9-20/h1-3,8-16,19H,4-7H2,(H2,26,29). The number of fused-ring (bicyclic) bond motifs is 1. The molecule has 4 aromatic rings. The smallest absolute Gasteiger partial charge is 0.248 e. The fourth-order valence-electron chi connectivity index (χ4n) is 4.28. The van der Waals surface area contributed by atoms with E-state index in [0.29, 0.717) is 11.6 Å². The monoisotopic (exact) mass is 397 g/mol. The highest BCUT2D eigenvalue weighted by molar-refractivity contribution is 5.96. The summed E-state index contributed by atoms with van der Waals surface area (Å²) in [6, 6.07) is 23.7. The Morgan fingerprint density at radius 2 is 1.63 bits per heavy atom. The molecule has 0 bridgehead atoms. The molecule has 0 saturated heterocycles. The Morgan fingerprint density at radius 1 is 0.933 bits per heavy atom. The van der Waals surface area contributed by atoms with Crippen LogP contribution in [0.4, 0.5) is 0 Å². The van der Waals surface area contributed by atoms with E-state index < -0.39 is 5.91 Å². The zero-order valence-electron chi connectivity index (χ0n) is 16.6. The molecule has 5 heteroatoms. The Kier molecular flexibility index (Phi) is 4.71. The van der Waals surface area contributed by atoms with E-state index in [4.69, 9.17) is 15.5 Å². The van der Waals surface area contributed by atoms with Gasteiger partial charge in [0.05, 0.1) is 11.0 Å². The maximum Gasteiger partial charge on any atom is 0.248 e. The number of rotatable bonds is 5. The molecule has 0 unspecified atom stereocenters. The molecule has 150 valence electrons. The van der Waals surface area contributed by atoms with Crippen molar-refractivity contribution >= 4 is 16.9 Å². The van der Waals surface area contributed by atoms with Crippen molar-refractivity contribution < 1.29 is 9.53 Å². The minimum atomic E-state index is -0.434. The second kappa shape index (κ2) is 7.67. The Labute approximate surface area is 175 Å². The van der Waals surface area contributed by atoms with E-state index in [2.05, 4.69) is 4.57 Å². The molecular formula is C25H23N3O2. The summed E-state index contributed by atoms with van der Waals surface area (Å²) in [6.07, 6.45) is 4.75. The number of amides is 1. The SMILES string of the molecule is NC(=O)c1ccc2c(c1)nc(-c1ccc(Oc3ccccc3)cc1)n2C1CCCC1. The molecule has 0 radical (unpaired) electrons. The number of carbonyl (C=O) groups excluding carboxylic acids is 1. The van der Waals surface area contributed by atoms with Crippen LogP contribution in [0.3, 0.4) is 0 Å². The Hall–Kier alpha value is -3.60. The lowest BCUT2D eigenvalue weighted by Gasteiger charge is -2.17. The second-order valence-electron chi connectivity index (χ2n) is 7.75. The number of carbonyl (C=O) groups is 1. The first kappa shape index (κ1) is 18.4. The van der Waals surface area contributed by atoms with Gasteiger partial charge in [-0.15, -0.1) is 0 Å². The second-order valence-corrected chi connectivity index (χ2v) is 7.75. The number of nitrogens with zero attached hydrogens (tertiary/aromatic N) is 2. The summed E-state index contributed by atoms with van der Waals surface area (Å²) in [7, 11) is 0. The first-order valence-corrected chi connectivity index (χ1v) is 10.3. The van der Waals surface area contributed by atoms with Gasteiger partial charge in [0, 0.05) is 17.2 Å². The third-order valence-electron chi connectivity index (χ3n) is 5.76. The summed E-state index contributed by atoms with van der Waals surface area (Å²) in [6.45, 7) is 0. The van der Waals surface area contributed by atoms with Crippen molar-refractivity contribution in [2.75, 3.05) is 0 Å². The predicted octanol–water partition coefficient (Wildman–Crippen LogP) is 5.71. The maximum absolute atomic E-state index is 11.6. The van der Waals surface area contributed by atoms with Gasteiger partial charge in [-0.25, -0.2) is 4.98 Å². The third-order valence-corrected chi connectivity index (χ3v) is 5.76. The van der Waals surface area contributed by atoms with Gasteiger partial charge in [-0.2, -0.15) is 0 Å². The van der Waals surface area contributed by atoms with Crippen LogP contribution < -0.4 is 10.5 Å². The highest BCUT2D eigenvalue weighted by Crippen LogP contribution is 2.37. The minimum absolute atomic E-state index is 0.421. The van der Waals surface area contributed by atoms with Crippen molar-refractivity contribution in [1.29, 1.82) is 0 Å². The van der Waals surface area contributed by atoms with Crippen molar-refractivity contribution in [1.82, 2.24) is 9.55 Å². The molecule has 0 spiro atoms. The van der Waals surface area contributed by atoms with Gasteiger partial charge in [0.1, 0.15) is 17.3 Å². The van der Waals surface area contributed by atoms with Crippen molar-refractivity contribution in [2.45, 2.75) is 31.7 Å². The van der Waals surface area contributed by atoms with Gasteiger partial charge in [0.15, 0.2) is 0 Å². The van der Waals surface area contributed by atoms with E-state index >= 15 is 0 Å². The Morgan fingerprint density at radius 3 is 2.33 bits per heavy atom. The topological polar surface area (TPSA) is 70.1 Å². The highest BCUT2D eigenvalue weighted by Gasteiger charge is 2.23. The molecule has 1 amide bonds. The third kappa shape index (κ3) is 3.43. The predicted molar refractivity (Wildman–Crippen MR) is 118 cm³/mol.